The van der Waals surface area contributed by atoms with E-state index < -0.39 is 0 Å². The molecule has 0 aromatic carbocycles. The highest BCUT2D eigenvalue weighted by Crippen LogP contribution is 2.27. The first-order chi connectivity index (χ1) is 8.71. The van der Waals surface area contributed by atoms with Gasteiger partial charge in [0.15, 0.2) is 0 Å². The third-order valence-corrected chi connectivity index (χ3v) is 4.63. The Bertz CT molecular complexity index is 201. The van der Waals surface area contributed by atoms with Crippen LogP contribution in [0.1, 0.15) is 59.8 Å². The first-order valence-electron chi connectivity index (χ1n) is 8.16. The summed E-state index contributed by atoms with van der Waals surface area (Å²) in [6.07, 6.45) is 6.91. The van der Waals surface area contributed by atoms with Crippen LogP contribution in [0, 0.1) is 11.8 Å². The maximum Gasteiger partial charge on any atom is 0.0220 e. The van der Waals surface area contributed by atoms with Gasteiger partial charge in [0.25, 0.3) is 0 Å². The molecule has 0 aromatic heterocycles. The predicted octanol–water partition coefficient (Wildman–Crippen LogP) is 3.52. The second-order valence-electron chi connectivity index (χ2n) is 6.10. The molecule has 0 spiro atoms. The summed E-state index contributed by atoms with van der Waals surface area (Å²) in [5.74, 6) is 1.78. The monoisotopic (exact) mass is 254 g/mol. The molecular weight excluding hydrogens is 220 g/mol. The molecule has 1 N–H and O–H groups in total. The summed E-state index contributed by atoms with van der Waals surface area (Å²) in [6, 6.07) is 0.676. The quantitative estimate of drug-likeness (QED) is 0.641. The molecule has 18 heavy (non-hydrogen) atoms. The average molecular weight is 254 g/mol. The topological polar surface area (TPSA) is 15.3 Å². The van der Waals surface area contributed by atoms with E-state index in [4.69, 9.17) is 0 Å². The Labute approximate surface area is 115 Å². The Kier molecular flexibility index (Phi) is 7.92. The second-order valence-corrected chi connectivity index (χ2v) is 6.10. The van der Waals surface area contributed by atoms with Gasteiger partial charge in [-0.25, -0.2) is 0 Å². The molecule has 0 heterocycles. The largest absolute Gasteiger partial charge is 0.312 e. The number of hydrogen-bond acceptors (Lipinski definition) is 2. The van der Waals surface area contributed by atoms with Crippen molar-refractivity contribution in [1.82, 2.24) is 10.2 Å². The van der Waals surface area contributed by atoms with Crippen molar-refractivity contribution in [3.63, 3.8) is 0 Å². The molecule has 2 unspecified atom stereocenters. The van der Waals surface area contributed by atoms with Gasteiger partial charge in [-0.1, -0.05) is 40.5 Å². The van der Waals surface area contributed by atoms with E-state index in [1.165, 1.54) is 51.7 Å². The average Bonchev–Trinajstić information content (AvgIpc) is 2.35. The lowest BCUT2D eigenvalue weighted by Crippen LogP contribution is -2.46. The summed E-state index contributed by atoms with van der Waals surface area (Å²) in [6.45, 7) is 14.2. The molecule has 0 radical (unpaired) electrons. The van der Waals surface area contributed by atoms with Crippen molar-refractivity contribution in [2.75, 3.05) is 26.2 Å². The van der Waals surface area contributed by atoms with Crippen molar-refractivity contribution in [1.29, 1.82) is 0 Å². The number of nitrogens with one attached hydrogen (secondary N) is 1. The van der Waals surface area contributed by atoms with E-state index in [9.17, 15) is 0 Å². The molecule has 0 amide bonds. The fourth-order valence-electron chi connectivity index (χ4n) is 2.71. The maximum atomic E-state index is 3.75. The van der Waals surface area contributed by atoms with E-state index in [-0.39, 0.29) is 0 Å². The minimum atomic E-state index is 0.676. The molecule has 2 nitrogen and oxygen atoms in total. The van der Waals surface area contributed by atoms with Gasteiger partial charge < -0.3 is 10.2 Å². The Morgan fingerprint density at radius 1 is 1.22 bits per heavy atom. The molecule has 1 fully saturated rings. The molecule has 1 saturated carbocycles. The smallest absolute Gasteiger partial charge is 0.0220 e. The van der Waals surface area contributed by atoms with Crippen molar-refractivity contribution in [2.45, 2.75) is 65.8 Å². The Hall–Kier alpha value is -0.0800. The van der Waals surface area contributed by atoms with E-state index in [1.54, 1.807) is 0 Å². The van der Waals surface area contributed by atoms with Gasteiger partial charge >= 0.3 is 0 Å². The second kappa shape index (κ2) is 8.92. The molecule has 1 rings (SSSR count). The summed E-state index contributed by atoms with van der Waals surface area (Å²) in [7, 11) is 0. The highest BCUT2D eigenvalue weighted by atomic mass is 15.1. The van der Waals surface area contributed by atoms with Crippen LogP contribution in [-0.2, 0) is 0 Å². The lowest BCUT2D eigenvalue weighted by molar-refractivity contribution is 0.156. The highest BCUT2D eigenvalue weighted by Gasteiger charge is 2.23. The van der Waals surface area contributed by atoms with Crippen LogP contribution in [-0.4, -0.2) is 37.1 Å². The highest BCUT2D eigenvalue weighted by molar-refractivity contribution is 4.79. The van der Waals surface area contributed by atoms with Gasteiger partial charge in [0.05, 0.1) is 0 Å². The minimum absolute atomic E-state index is 0.676. The van der Waals surface area contributed by atoms with Crippen molar-refractivity contribution >= 4 is 0 Å². The lowest BCUT2D eigenvalue weighted by atomic mass is 9.85. The van der Waals surface area contributed by atoms with Crippen LogP contribution in [0.25, 0.3) is 0 Å². The fraction of sp³-hybridized carbons (Fsp3) is 1.00. The fourth-order valence-corrected chi connectivity index (χ4v) is 2.71. The molecule has 0 aliphatic heterocycles. The zero-order valence-electron chi connectivity index (χ0n) is 13.0. The molecule has 2 atom stereocenters. The van der Waals surface area contributed by atoms with Crippen LogP contribution in [0.2, 0.25) is 0 Å². The van der Waals surface area contributed by atoms with Crippen LogP contribution in [0.5, 0.6) is 0 Å². The molecule has 0 aromatic rings. The number of likely N-dealkylation sites (N-methyl/N-ethyl adjacent to an activating group) is 1. The van der Waals surface area contributed by atoms with E-state index in [2.05, 4.69) is 37.9 Å². The van der Waals surface area contributed by atoms with E-state index >= 15 is 0 Å². The predicted molar refractivity (Wildman–Crippen MR) is 81.0 cm³/mol. The molecule has 1 aliphatic carbocycles. The van der Waals surface area contributed by atoms with Gasteiger partial charge in [-0.2, -0.15) is 0 Å². The van der Waals surface area contributed by atoms with Crippen LogP contribution in [0.4, 0.5) is 0 Å². The van der Waals surface area contributed by atoms with E-state index in [1.807, 2.05) is 0 Å². The summed E-state index contributed by atoms with van der Waals surface area (Å²) in [5.41, 5.74) is 0. The number of rotatable bonds is 10. The zero-order valence-corrected chi connectivity index (χ0v) is 13.0. The van der Waals surface area contributed by atoms with Crippen LogP contribution < -0.4 is 5.32 Å². The van der Waals surface area contributed by atoms with Gasteiger partial charge in [0.1, 0.15) is 0 Å². The lowest BCUT2D eigenvalue weighted by Gasteiger charge is -2.35. The van der Waals surface area contributed by atoms with Crippen molar-refractivity contribution in [2.24, 2.45) is 11.8 Å². The Morgan fingerprint density at radius 3 is 2.39 bits per heavy atom. The maximum absolute atomic E-state index is 3.75. The van der Waals surface area contributed by atoms with Crippen molar-refractivity contribution in [3.05, 3.63) is 0 Å². The third kappa shape index (κ3) is 5.27. The normalized spacial score (nSPS) is 19.8. The molecule has 108 valence electrons. The van der Waals surface area contributed by atoms with E-state index in [0.29, 0.717) is 6.04 Å². The zero-order chi connectivity index (χ0) is 13.4. The molecule has 0 bridgehead atoms. The summed E-state index contributed by atoms with van der Waals surface area (Å²) >= 11 is 0. The summed E-state index contributed by atoms with van der Waals surface area (Å²) in [5, 5.41) is 3.75. The van der Waals surface area contributed by atoms with Crippen molar-refractivity contribution in [3.8, 4) is 0 Å². The number of hydrogen-bond donors (Lipinski definition) is 1. The standard InChI is InChI=1S/C16H34N2/c1-5-11-17-16(14(4)6-2)13-18(7-3)12-15-9-8-10-15/h14-17H,5-13H2,1-4H3. The molecule has 1 aliphatic rings. The molecular formula is C16H34N2. The van der Waals surface area contributed by atoms with Gasteiger partial charge in [-0.05, 0) is 44.2 Å². The van der Waals surface area contributed by atoms with Gasteiger partial charge in [0.2, 0.25) is 0 Å². The minimum Gasteiger partial charge on any atom is -0.312 e. The SMILES string of the molecule is CCCNC(CN(CC)CC1CCC1)C(C)CC. The third-order valence-electron chi connectivity index (χ3n) is 4.63. The van der Waals surface area contributed by atoms with Gasteiger partial charge in [0, 0.05) is 19.1 Å². The Morgan fingerprint density at radius 2 is 1.94 bits per heavy atom. The van der Waals surface area contributed by atoms with Crippen LogP contribution >= 0.6 is 0 Å². The first kappa shape index (κ1) is 16.0. The van der Waals surface area contributed by atoms with Crippen LogP contribution in [0.3, 0.4) is 0 Å². The Balaban J connectivity index is 2.38. The first-order valence-corrected chi connectivity index (χ1v) is 8.16. The van der Waals surface area contributed by atoms with Crippen LogP contribution in [0.15, 0.2) is 0 Å². The van der Waals surface area contributed by atoms with Crippen molar-refractivity contribution < 1.29 is 0 Å². The molecule has 2 heteroatoms. The summed E-state index contributed by atoms with van der Waals surface area (Å²) in [4.78, 5) is 2.67. The van der Waals surface area contributed by atoms with Gasteiger partial charge in [-0.15, -0.1) is 0 Å². The van der Waals surface area contributed by atoms with Gasteiger partial charge in [-0.3, -0.25) is 0 Å². The van der Waals surface area contributed by atoms with E-state index in [0.717, 1.165) is 18.4 Å². The molecule has 0 saturated heterocycles. The number of nitrogens with zero attached hydrogens (tertiary/aromatic N) is 1. The summed E-state index contributed by atoms with van der Waals surface area (Å²) < 4.78 is 0.